The summed E-state index contributed by atoms with van der Waals surface area (Å²) in [7, 11) is -3.63. The first-order valence-corrected chi connectivity index (χ1v) is 9.43. The molecule has 2 aromatic carbocycles. The molecule has 118 valence electrons. The first kappa shape index (κ1) is 15.7. The third kappa shape index (κ3) is 3.43. The molecule has 6 heteroatoms. The van der Waals surface area contributed by atoms with Gasteiger partial charge in [-0.1, -0.05) is 35.9 Å². The third-order valence-electron chi connectivity index (χ3n) is 3.40. The summed E-state index contributed by atoms with van der Waals surface area (Å²) in [6, 6.07) is 14.1. The van der Waals surface area contributed by atoms with Gasteiger partial charge in [-0.05, 0) is 32.0 Å². The quantitative estimate of drug-likeness (QED) is 0.770. The summed E-state index contributed by atoms with van der Waals surface area (Å²) in [5.74, 6) is 0. The molecule has 0 aliphatic heterocycles. The van der Waals surface area contributed by atoms with Crippen LogP contribution in [0.25, 0.3) is 11.3 Å². The number of hydrogen-bond donors (Lipinski definition) is 1. The monoisotopic (exact) mass is 344 g/mol. The van der Waals surface area contributed by atoms with Crippen molar-refractivity contribution in [2.24, 2.45) is 0 Å². The molecule has 4 nitrogen and oxygen atoms in total. The van der Waals surface area contributed by atoms with Crippen molar-refractivity contribution in [1.82, 2.24) is 4.98 Å². The molecule has 0 fully saturated rings. The van der Waals surface area contributed by atoms with E-state index in [1.54, 1.807) is 36.4 Å². The highest BCUT2D eigenvalue weighted by Crippen LogP contribution is 2.30. The summed E-state index contributed by atoms with van der Waals surface area (Å²) in [6.45, 7) is 3.84. The lowest BCUT2D eigenvalue weighted by molar-refractivity contribution is 0.601. The van der Waals surface area contributed by atoms with Crippen molar-refractivity contribution in [2.75, 3.05) is 4.72 Å². The zero-order valence-corrected chi connectivity index (χ0v) is 14.4. The third-order valence-corrected chi connectivity index (χ3v) is 5.55. The number of aromatic nitrogens is 1. The molecule has 1 heterocycles. The van der Waals surface area contributed by atoms with Crippen LogP contribution in [0.5, 0.6) is 0 Å². The highest BCUT2D eigenvalue weighted by Gasteiger charge is 2.17. The molecule has 1 aromatic heterocycles. The Labute approximate surface area is 139 Å². The lowest BCUT2D eigenvalue weighted by Gasteiger charge is -2.11. The van der Waals surface area contributed by atoms with Gasteiger partial charge in [0.25, 0.3) is 10.0 Å². The van der Waals surface area contributed by atoms with E-state index in [9.17, 15) is 8.42 Å². The Hall–Kier alpha value is -2.18. The second kappa shape index (κ2) is 6.14. The fourth-order valence-electron chi connectivity index (χ4n) is 2.20. The summed E-state index contributed by atoms with van der Waals surface area (Å²) in [5.41, 5.74) is 3.09. The van der Waals surface area contributed by atoms with Crippen LogP contribution in [0.2, 0.25) is 0 Å². The molecule has 1 N–H and O–H groups in total. The molecule has 23 heavy (non-hydrogen) atoms. The fourth-order valence-corrected chi connectivity index (χ4v) is 3.90. The number of aryl methyl sites for hydroxylation is 2. The van der Waals surface area contributed by atoms with Gasteiger partial charge in [0, 0.05) is 10.9 Å². The number of nitrogens with zero attached hydrogens (tertiary/aromatic N) is 1. The maximum absolute atomic E-state index is 12.6. The number of benzene rings is 2. The van der Waals surface area contributed by atoms with Gasteiger partial charge in [0.05, 0.1) is 21.3 Å². The molecule has 0 saturated heterocycles. The summed E-state index contributed by atoms with van der Waals surface area (Å²) in [4.78, 5) is 4.68. The Balaban J connectivity index is 1.98. The zero-order valence-electron chi connectivity index (χ0n) is 12.8. The van der Waals surface area contributed by atoms with Crippen LogP contribution in [0.1, 0.15) is 10.6 Å². The van der Waals surface area contributed by atoms with E-state index < -0.39 is 10.0 Å². The molecule has 0 aliphatic rings. The minimum atomic E-state index is -3.63. The Kier molecular flexibility index (Phi) is 4.19. The van der Waals surface area contributed by atoms with Crippen LogP contribution in [-0.4, -0.2) is 13.4 Å². The number of thiazole rings is 1. The molecule has 0 radical (unpaired) electrons. The van der Waals surface area contributed by atoms with Crippen LogP contribution in [0.15, 0.2) is 58.8 Å². The Morgan fingerprint density at radius 3 is 2.35 bits per heavy atom. The summed E-state index contributed by atoms with van der Waals surface area (Å²) >= 11 is 1.54. The van der Waals surface area contributed by atoms with Gasteiger partial charge in [-0.25, -0.2) is 13.4 Å². The van der Waals surface area contributed by atoms with Crippen LogP contribution >= 0.6 is 11.3 Å². The van der Waals surface area contributed by atoms with Crippen molar-refractivity contribution in [3.05, 3.63) is 64.5 Å². The SMILES string of the molecule is Cc1ccc(S(=O)(=O)Nc2ccccc2-c2csc(C)n2)cc1. The van der Waals surface area contributed by atoms with Crippen LogP contribution < -0.4 is 4.72 Å². The molecule has 0 amide bonds. The molecule has 0 unspecified atom stereocenters. The van der Waals surface area contributed by atoms with Gasteiger partial charge in [0.15, 0.2) is 0 Å². The van der Waals surface area contributed by atoms with Crippen molar-refractivity contribution >= 4 is 27.0 Å². The molecular formula is C17H16N2O2S2. The van der Waals surface area contributed by atoms with Crippen LogP contribution in [0.4, 0.5) is 5.69 Å². The van der Waals surface area contributed by atoms with E-state index in [1.165, 1.54) is 11.3 Å². The molecule has 0 saturated carbocycles. The van der Waals surface area contributed by atoms with E-state index in [-0.39, 0.29) is 4.90 Å². The number of nitrogens with one attached hydrogen (secondary N) is 1. The van der Waals surface area contributed by atoms with Crippen molar-refractivity contribution < 1.29 is 8.42 Å². The maximum Gasteiger partial charge on any atom is 0.261 e. The second-order valence-corrected chi connectivity index (χ2v) is 7.96. The van der Waals surface area contributed by atoms with Gasteiger partial charge in [-0.3, -0.25) is 4.72 Å². The number of rotatable bonds is 4. The van der Waals surface area contributed by atoms with Gasteiger partial charge in [0.2, 0.25) is 0 Å². The first-order chi connectivity index (χ1) is 11.0. The van der Waals surface area contributed by atoms with E-state index in [0.29, 0.717) is 5.69 Å². The molecule has 3 aromatic rings. The lowest BCUT2D eigenvalue weighted by Crippen LogP contribution is -2.13. The van der Waals surface area contributed by atoms with Crippen LogP contribution in [-0.2, 0) is 10.0 Å². The standard InChI is InChI=1S/C17H16N2O2S2/c1-12-7-9-14(10-8-12)23(20,21)19-16-6-4-3-5-15(16)17-11-22-13(2)18-17/h3-11,19H,1-2H3. The summed E-state index contributed by atoms with van der Waals surface area (Å²) in [5, 5.41) is 2.87. The van der Waals surface area contributed by atoms with Gasteiger partial charge in [-0.2, -0.15) is 0 Å². The predicted molar refractivity (Wildman–Crippen MR) is 94.3 cm³/mol. The van der Waals surface area contributed by atoms with Crippen LogP contribution in [0, 0.1) is 13.8 Å². The summed E-state index contributed by atoms with van der Waals surface area (Å²) < 4.78 is 27.8. The zero-order chi connectivity index (χ0) is 16.4. The minimum Gasteiger partial charge on any atom is -0.279 e. The van der Waals surface area contributed by atoms with Gasteiger partial charge >= 0.3 is 0 Å². The van der Waals surface area contributed by atoms with Gasteiger partial charge in [0.1, 0.15) is 0 Å². The fraction of sp³-hybridized carbons (Fsp3) is 0.118. The molecule has 0 spiro atoms. The number of hydrogen-bond acceptors (Lipinski definition) is 4. The van der Waals surface area contributed by atoms with Crippen molar-refractivity contribution in [1.29, 1.82) is 0 Å². The molecular weight excluding hydrogens is 328 g/mol. The Morgan fingerprint density at radius 2 is 1.70 bits per heavy atom. The lowest BCUT2D eigenvalue weighted by atomic mass is 10.1. The average molecular weight is 344 g/mol. The van der Waals surface area contributed by atoms with Gasteiger partial charge in [-0.15, -0.1) is 11.3 Å². The number of anilines is 1. The molecule has 3 rings (SSSR count). The predicted octanol–water partition coefficient (Wildman–Crippen LogP) is 4.23. The normalized spacial score (nSPS) is 11.4. The highest BCUT2D eigenvalue weighted by atomic mass is 32.2. The van der Waals surface area contributed by atoms with E-state index in [4.69, 9.17) is 0 Å². The Bertz CT molecular complexity index is 929. The molecule has 0 aliphatic carbocycles. The van der Waals surface area contributed by atoms with E-state index in [1.807, 2.05) is 31.4 Å². The average Bonchev–Trinajstić information content (AvgIpc) is 2.94. The summed E-state index contributed by atoms with van der Waals surface area (Å²) in [6.07, 6.45) is 0. The van der Waals surface area contributed by atoms with Gasteiger partial charge < -0.3 is 0 Å². The topological polar surface area (TPSA) is 59.1 Å². The van der Waals surface area contributed by atoms with E-state index >= 15 is 0 Å². The maximum atomic E-state index is 12.6. The van der Waals surface area contributed by atoms with Crippen molar-refractivity contribution in [3.8, 4) is 11.3 Å². The first-order valence-electron chi connectivity index (χ1n) is 7.07. The van der Waals surface area contributed by atoms with E-state index in [0.717, 1.165) is 21.8 Å². The highest BCUT2D eigenvalue weighted by molar-refractivity contribution is 7.92. The number of sulfonamides is 1. The largest absolute Gasteiger partial charge is 0.279 e. The number of para-hydroxylation sites is 1. The smallest absolute Gasteiger partial charge is 0.261 e. The van der Waals surface area contributed by atoms with Crippen LogP contribution in [0.3, 0.4) is 0 Å². The molecule has 0 bridgehead atoms. The van der Waals surface area contributed by atoms with Crippen molar-refractivity contribution in [3.63, 3.8) is 0 Å². The molecule has 0 atom stereocenters. The minimum absolute atomic E-state index is 0.243. The Morgan fingerprint density at radius 1 is 1.00 bits per heavy atom. The van der Waals surface area contributed by atoms with E-state index in [2.05, 4.69) is 9.71 Å². The second-order valence-electron chi connectivity index (χ2n) is 5.22. The van der Waals surface area contributed by atoms with Crippen molar-refractivity contribution in [2.45, 2.75) is 18.7 Å².